The van der Waals surface area contributed by atoms with Crippen LogP contribution >= 0.6 is 0 Å². The standard InChI is InChI=1S/C12H13FO/c1-14-8-12(9-2-3-9)10-4-6-11(13)7-5-10/h4-9H,2-3H2,1H3/b12-8-. The molecule has 0 atom stereocenters. The highest BCUT2D eigenvalue weighted by Gasteiger charge is 2.27. The largest absolute Gasteiger partial charge is 0.504 e. The second-order valence-corrected chi connectivity index (χ2v) is 3.59. The van der Waals surface area contributed by atoms with Gasteiger partial charge in [-0.3, -0.25) is 0 Å². The Bertz CT molecular complexity index is 336. The molecular formula is C12H13FO. The van der Waals surface area contributed by atoms with E-state index in [1.54, 1.807) is 25.5 Å². The molecule has 0 spiro atoms. The first-order chi connectivity index (χ1) is 6.81. The number of ether oxygens (including phenoxy) is 1. The van der Waals surface area contributed by atoms with Crippen LogP contribution in [0.3, 0.4) is 0 Å². The van der Waals surface area contributed by atoms with Gasteiger partial charge in [-0.05, 0) is 42.0 Å². The Kier molecular flexibility index (Phi) is 2.53. The third-order valence-electron chi connectivity index (χ3n) is 2.44. The maximum absolute atomic E-state index is 12.7. The maximum atomic E-state index is 12.7. The number of halogens is 1. The zero-order chi connectivity index (χ0) is 9.97. The molecule has 0 heterocycles. The molecule has 2 heteroatoms. The summed E-state index contributed by atoms with van der Waals surface area (Å²) in [7, 11) is 1.64. The van der Waals surface area contributed by atoms with E-state index in [0.29, 0.717) is 5.92 Å². The van der Waals surface area contributed by atoms with Gasteiger partial charge in [0.1, 0.15) is 5.82 Å². The monoisotopic (exact) mass is 192 g/mol. The van der Waals surface area contributed by atoms with Gasteiger partial charge in [0.2, 0.25) is 0 Å². The summed E-state index contributed by atoms with van der Waals surface area (Å²) in [6.45, 7) is 0. The summed E-state index contributed by atoms with van der Waals surface area (Å²) in [6.07, 6.45) is 4.20. The lowest BCUT2D eigenvalue weighted by Crippen LogP contribution is -1.88. The molecule has 0 bridgehead atoms. The zero-order valence-corrected chi connectivity index (χ0v) is 8.16. The van der Waals surface area contributed by atoms with E-state index < -0.39 is 0 Å². The fourth-order valence-electron chi connectivity index (χ4n) is 1.56. The molecule has 0 aliphatic heterocycles. The number of hydrogen-bond donors (Lipinski definition) is 0. The van der Waals surface area contributed by atoms with E-state index in [1.807, 2.05) is 0 Å². The van der Waals surface area contributed by atoms with Crippen LogP contribution in [-0.4, -0.2) is 7.11 Å². The van der Waals surface area contributed by atoms with Gasteiger partial charge in [-0.15, -0.1) is 0 Å². The predicted octanol–water partition coefficient (Wildman–Crippen LogP) is 3.22. The van der Waals surface area contributed by atoms with Crippen molar-refractivity contribution >= 4 is 5.57 Å². The molecule has 0 aromatic heterocycles. The van der Waals surface area contributed by atoms with Crippen LogP contribution in [0.4, 0.5) is 4.39 Å². The van der Waals surface area contributed by atoms with Crippen LogP contribution in [-0.2, 0) is 4.74 Å². The SMILES string of the molecule is CO/C=C(\c1ccc(F)cc1)C1CC1. The first-order valence-corrected chi connectivity index (χ1v) is 4.80. The van der Waals surface area contributed by atoms with Crippen molar-refractivity contribution in [1.29, 1.82) is 0 Å². The summed E-state index contributed by atoms with van der Waals surface area (Å²) in [5.74, 6) is 0.418. The van der Waals surface area contributed by atoms with Crippen molar-refractivity contribution in [3.63, 3.8) is 0 Å². The molecule has 1 aromatic rings. The molecule has 0 radical (unpaired) electrons. The van der Waals surface area contributed by atoms with Gasteiger partial charge >= 0.3 is 0 Å². The van der Waals surface area contributed by atoms with Crippen molar-refractivity contribution in [2.24, 2.45) is 5.92 Å². The van der Waals surface area contributed by atoms with E-state index in [0.717, 1.165) is 5.56 Å². The third-order valence-corrected chi connectivity index (χ3v) is 2.44. The number of benzene rings is 1. The maximum Gasteiger partial charge on any atom is 0.123 e. The molecule has 1 aliphatic rings. The van der Waals surface area contributed by atoms with Crippen molar-refractivity contribution in [1.82, 2.24) is 0 Å². The molecule has 0 unspecified atom stereocenters. The molecular weight excluding hydrogens is 179 g/mol. The Morgan fingerprint density at radius 1 is 1.36 bits per heavy atom. The van der Waals surface area contributed by atoms with E-state index in [4.69, 9.17) is 4.74 Å². The highest BCUT2D eigenvalue weighted by Crippen LogP contribution is 2.41. The minimum atomic E-state index is -0.193. The number of hydrogen-bond acceptors (Lipinski definition) is 1. The van der Waals surface area contributed by atoms with Gasteiger partial charge in [0.05, 0.1) is 13.4 Å². The Morgan fingerprint density at radius 3 is 2.50 bits per heavy atom. The molecule has 74 valence electrons. The van der Waals surface area contributed by atoms with Crippen molar-refractivity contribution < 1.29 is 9.13 Å². The molecule has 0 N–H and O–H groups in total. The molecule has 0 amide bonds. The quantitative estimate of drug-likeness (QED) is 0.668. The Balaban J connectivity index is 2.26. The van der Waals surface area contributed by atoms with Crippen LogP contribution in [0.1, 0.15) is 18.4 Å². The van der Waals surface area contributed by atoms with Gasteiger partial charge in [0.15, 0.2) is 0 Å². The molecule has 1 nitrogen and oxygen atoms in total. The van der Waals surface area contributed by atoms with Crippen LogP contribution in [0.25, 0.3) is 5.57 Å². The molecule has 1 aromatic carbocycles. The van der Waals surface area contributed by atoms with Gasteiger partial charge in [-0.25, -0.2) is 4.39 Å². The summed E-state index contributed by atoms with van der Waals surface area (Å²) in [4.78, 5) is 0. The van der Waals surface area contributed by atoms with Crippen LogP contribution in [0.15, 0.2) is 30.5 Å². The second-order valence-electron chi connectivity index (χ2n) is 3.59. The minimum Gasteiger partial charge on any atom is -0.504 e. The smallest absolute Gasteiger partial charge is 0.123 e. The zero-order valence-electron chi connectivity index (χ0n) is 8.16. The normalized spacial score (nSPS) is 16.9. The van der Waals surface area contributed by atoms with E-state index in [-0.39, 0.29) is 5.82 Å². The van der Waals surface area contributed by atoms with Gasteiger partial charge in [-0.2, -0.15) is 0 Å². The van der Waals surface area contributed by atoms with E-state index in [9.17, 15) is 4.39 Å². The second kappa shape index (κ2) is 3.82. The lowest BCUT2D eigenvalue weighted by atomic mass is 10.0. The summed E-state index contributed by atoms with van der Waals surface area (Å²) < 4.78 is 17.7. The topological polar surface area (TPSA) is 9.23 Å². The Morgan fingerprint density at radius 2 is 2.00 bits per heavy atom. The fraction of sp³-hybridized carbons (Fsp3) is 0.333. The van der Waals surface area contributed by atoms with Crippen LogP contribution in [0, 0.1) is 11.7 Å². The summed E-state index contributed by atoms with van der Waals surface area (Å²) >= 11 is 0. The van der Waals surface area contributed by atoms with Crippen molar-refractivity contribution in [2.75, 3.05) is 7.11 Å². The Labute approximate surface area is 83.2 Å². The molecule has 1 saturated carbocycles. The first-order valence-electron chi connectivity index (χ1n) is 4.80. The van der Waals surface area contributed by atoms with Gasteiger partial charge in [0.25, 0.3) is 0 Å². The van der Waals surface area contributed by atoms with Gasteiger partial charge in [-0.1, -0.05) is 12.1 Å². The van der Waals surface area contributed by atoms with E-state index >= 15 is 0 Å². The number of rotatable bonds is 3. The predicted molar refractivity (Wildman–Crippen MR) is 54.1 cm³/mol. The van der Waals surface area contributed by atoms with Crippen LogP contribution in [0.5, 0.6) is 0 Å². The number of allylic oxidation sites excluding steroid dienone is 1. The fourth-order valence-corrected chi connectivity index (χ4v) is 1.56. The molecule has 2 rings (SSSR count). The molecule has 1 fully saturated rings. The highest BCUT2D eigenvalue weighted by atomic mass is 19.1. The van der Waals surface area contributed by atoms with E-state index in [2.05, 4.69) is 0 Å². The first kappa shape index (κ1) is 9.25. The van der Waals surface area contributed by atoms with Crippen molar-refractivity contribution in [2.45, 2.75) is 12.8 Å². The lowest BCUT2D eigenvalue weighted by Gasteiger charge is -2.05. The summed E-state index contributed by atoms with van der Waals surface area (Å²) in [6, 6.07) is 6.58. The molecule has 14 heavy (non-hydrogen) atoms. The van der Waals surface area contributed by atoms with Crippen LogP contribution < -0.4 is 0 Å². The van der Waals surface area contributed by atoms with Gasteiger partial charge < -0.3 is 4.74 Å². The summed E-state index contributed by atoms with van der Waals surface area (Å²) in [5, 5.41) is 0. The molecule has 1 aliphatic carbocycles. The van der Waals surface area contributed by atoms with Crippen LogP contribution in [0.2, 0.25) is 0 Å². The molecule has 0 saturated heterocycles. The third kappa shape index (κ3) is 1.95. The minimum absolute atomic E-state index is 0.193. The van der Waals surface area contributed by atoms with E-state index in [1.165, 1.54) is 30.5 Å². The lowest BCUT2D eigenvalue weighted by molar-refractivity contribution is 0.338. The van der Waals surface area contributed by atoms with Gasteiger partial charge in [0, 0.05) is 0 Å². The Hall–Kier alpha value is -1.31. The summed E-state index contributed by atoms with van der Waals surface area (Å²) in [5.41, 5.74) is 2.25. The average Bonchev–Trinajstić information content (AvgIpc) is 2.99. The van der Waals surface area contributed by atoms with Crippen molar-refractivity contribution in [3.05, 3.63) is 41.9 Å². The van der Waals surface area contributed by atoms with Crippen molar-refractivity contribution in [3.8, 4) is 0 Å². The average molecular weight is 192 g/mol. The number of methoxy groups -OCH3 is 1. The highest BCUT2D eigenvalue weighted by molar-refractivity contribution is 5.68.